The topological polar surface area (TPSA) is 57.2 Å². The molecule has 74 heavy (non-hydrogen) atoms. The maximum absolute atomic E-state index is 13.8. The lowest BCUT2D eigenvalue weighted by Crippen LogP contribution is -2.44. The molecule has 2 aliphatic rings. The molecule has 2 fully saturated rings. The largest absolute Gasteiger partial charge is 0.489 e. The zero-order chi connectivity index (χ0) is 52.5. The predicted octanol–water partition coefficient (Wildman–Crippen LogP) is 13.2. The van der Waals surface area contributed by atoms with E-state index in [4.69, 9.17) is 32.7 Å². The van der Waals surface area contributed by atoms with Gasteiger partial charge in [-0.25, -0.2) is 8.78 Å². The van der Waals surface area contributed by atoms with Crippen LogP contribution in [0.5, 0.6) is 11.5 Å². The van der Waals surface area contributed by atoms with Crippen molar-refractivity contribution in [2.45, 2.75) is 50.1 Å². The van der Waals surface area contributed by atoms with E-state index in [1.807, 2.05) is 0 Å². The maximum Gasteiger partial charge on any atom is 0.401 e. The van der Waals surface area contributed by atoms with Gasteiger partial charge in [-0.15, -0.1) is 0 Å². The summed E-state index contributed by atoms with van der Waals surface area (Å²) >= 11 is 12.1. The van der Waals surface area contributed by atoms with Gasteiger partial charge in [0.2, 0.25) is 0 Å². The first-order valence-electron chi connectivity index (χ1n) is 24.7. The Hall–Kier alpha value is -5.36. The molecule has 396 valence electrons. The number of rotatable bonds is 20. The van der Waals surface area contributed by atoms with E-state index < -0.39 is 49.2 Å². The molecule has 0 amide bonds. The minimum absolute atomic E-state index is 0.101. The molecule has 8 rings (SSSR count). The summed E-state index contributed by atoms with van der Waals surface area (Å²) in [5, 5.41) is 1.05. The van der Waals surface area contributed by atoms with E-state index >= 15 is 0 Å². The van der Waals surface area contributed by atoms with E-state index in [0.29, 0.717) is 60.8 Å². The maximum atomic E-state index is 13.8. The van der Waals surface area contributed by atoms with Gasteiger partial charge in [0.05, 0.1) is 36.6 Å². The third-order valence-electron chi connectivity index (χ3n) is 13.2. The molecule has 2 aliphatic heterocycles. The van der Waals surface area contributed by atoms with Crippen molar-refractivity contribution < 1.29 is 44.6 Å². The number of nitrogens with zero attached hydrogens (tertiary/aromatic N) is 6. The number of ether oxygens (including phenoxy) is 2. The van der Waals surface area contributed by atoms with Crippen LogP contribution in [0.4, 0.5) is 35.1 Å². The molecule has 0 aliphatic carbocycles. The summed E-state index contributed by atoms with van der Waals surface area (Å²) in [5.74, 6) is -0.136. The number of para-hydroxylation sites is 2. The highest BCUT2D eigenvalue weighted by Gasteiger charge is 2.39. The Balaban J connectivity index is 0.000000216. The quantitative estimate of drug-likeness (QED) is 0.0701. The lowest BCUT2D eigenvalue weighted by atomic mass is 9.93. The van der Waals surface area contributed by atoms with Gasteiger partial charge < -0.3 is 9.47 Å². The average Bonchev–Trinajstić information content (AvgIpc) is 3.37. The molecule has 2 aromatic heterocycles. The second-order valence-corrected chi connectivity index (χ2v) is 19.5. The fourth-order valence-corrected chi connectivity index (χ4v) is 9.88. The van der Waals surface area contributed by atoms with Crippen molar-refractivity contribution in [1.29, 1.82) is 0 Å². The third kappa shape index (κ3) is 17.9. The Kier molecular flexibility index (Phi) is 20.9. The van der Waals surface area contributed by atoms with Gasteiger partial charge in [0.15, 0.2) is 23.1 Å². The fraction of sp³-hybridized carbons (Fsp3) is 0.393. The zero-order valence-electron chi connectivity index (χ0n) is 40.8. The highest BCUT2D eigenvalue weighted by atomic mass is 35.5. The number of benzene rings is 4. The smallest absolute Gasteiger partial charge is 0.401 e. The second kappa shape index (κ2) is 27.4. The van der Waals surface area contributed by atoms with Crippen LogP contribution in [0, 0.1) is 23.5 Å². The van der Waals surface area contributed by atoms with Crippen LogP contribution >= 0.6 is 23.2 Å². The Morgan fingerprint density at radius 3 is 1.18 bits per heavy atom. The number of piperidine rings is 2. The number of halogens is 10. The fourth-order valence-electron chi connectivity index (χ4n) is 9.63. The summed E-state index contributed by atoms with van der Waals surface area (Å²) in [4.78, 5) is 16.2. The average molecular weight is 1070 g/mol. The molecular weight excluding hydrogens is 1010 g/mol. The van der Waals surface area contributed by atoms with Gasteiger partial charge in [-0.05, 0) is 148 Å². The van der Waals surface area contributed by atoms with Gasteiger partial charge in [0.25, 0.3) is 0 Å². The predicted molar refractivity (Wildman–Crippen MR) is 272 cm³/mol. The number of likely N-dealkylation sites (tertiary alicyclic amines) is 2. The number of hydrogen-bond acceptors (Lipinski definition) is 8. The van der Waals surface area contributed by atoms with Gasteiger partial charge in [-0.1, -0.05) is 83.9 Å². The lowest BCUT2D eigenvalue weighted by molar-refractivity contribution is -0.152. The van der Waals surface area contributed by atoms with E-state index in [-0.39, 0.29) is 23.3 Å². The van der Waals surface area contributed by atoms with Crippen LogP contribution in [-0.2, 0) is 0 Å². The normalized spacial score (nSPS) is 16.2. The molecule has 4 aromatic carbocycles. The number of aromatic nitrogens is 2. The Bertz CT molecular complexity index is 2390. The summed E-state index contributed by atoms with van der Waals surface area (Å²) < 4.78 is 121. The van der Waals surface area contributed by atoms with Crippen molar-refractivity contribution >= 4 is 23.2 Å². The molecule has 4 heterocycles. The van der Waals surface area contributed by atoms with Crippen LogP contribution in [0.2, 0.25) is 10.0 Å². The first-order valence-corrected chi connectivity index (χ1v) is 25.5. The number of hydrogen-bond donors (Lipinski definition) is 0. The van der Waals surface area contributed by atoms with Gasteiger partial charge in [0.1, 0.15) is 13.2 Å². The van der Waals surface area contributed by atoms with Crippen molar-refractivity contribution in [3.63, 3.8) is 0 Å². The van der Waals surface area contributed by atoms with Crippen molar-refractivity contribution in [1.82, 2.24) is 29.6 Å². The van der Waals surface area contributed by atoms with Crippen LogP contribution in [0.3, 0.4) is 0 Å². The Labute approximate surface area is 437 Å². The minimum Gasteiger partial charge on any atom is -0.489 e. The molecule has 6 aromatic rings. The van der Waals surface area contributed by atoms with Crippen molar-refractivity contribution in [3.05, 3.63) is 190 Å². The molecular formula is C56H60Cl2F8N6O2. The molecule has 18 heteroatoms. The van der Waals surface area contributed by atoms with Crippen LogP contribution in [0.25, 0.3) is 0 Å². The molecule has 0 radical (unpaired) electrons. The van der Waals surface area contributed by atoms with E-state index in [1.165, 1.54) is 21.9 Å². The van der Waals surface area contributed by atoms with Gasteiger partial charge >= 0.3 is 12.4 Å². The van der Waals surface area contributed by atoms with E-state index in [0.717, 1.165) is 63.0 Å². The summed E-state index contributed by atoms with van der Waals surface area (Å²) in [6.07, 6.45) is -2.44. The van der Waals surface area contributed by atoms with Crippen molar-refractivity contribution in [3.8, 4) is 11.5 Å². The van der Waals surface area contributed by atoms with Gasteiger partial charge in [-0.3, -0.25) is 29.6 Å². The number of alkyl halides is 6. The molecule has 0 spiro atoms. The van der Waals surface area contributed by atoms with Crippen molar-refractivity contribution in [2.75, 3.05) is 78.7 Å². The van der Waals surface area contributed by atoms with Crippen LogP contribution in [0.1, 0.15) is 60.3 Å². The highest BCUT2D eigenvalue weighted by Crippen LogP contribution is 2.36. The Morgan fingerprint density at radius 1 is 0.500 bits per heavy atom. The molecule has 0 saturated carbocycles. The first-order chi connectivity index (χ1) is 35.6. The molecule has 2 unspecified atom stereocenters. The minimum atomic E-state index is -4.36. The molecule has 8 nitrogen and oxygen atoms in total. The van der Waals surface area contributed by atoms with E-state index in [2.05, 4.69) is 19.8 Å². The van der Waals surface area contributed by atoms with Gasteiger partial charge in [-0.2, -0.15) is 26.3 Å². The van der Waals surface area contributed by atoms with Crippen LogP contribution < -0.4 is 9.47 Å². The standard InChI is InChI=1S/2C28H30ClF4N3O/c2*29-23-10-8-22(9-11-23)27(25-6-3-4-14-34-25)36(20-28(31,32)33)19-21-12-15-35(16-13-21)17-18-37-26-7-2-1-5-24(26)30/h2*1-11,14,21,27H,12-13,15-20H2. The highest BCUT2D eigenvalue weighted by molar-refractivity contribution is 6.30. The summed E-state index contributed by atoms with van der Waals surface area (Å²) in [6.45, 7) is 3.49. The summed E-state index contributed by atoms with van der Waals surface area (Å²) in [5.41, 5.74) is 2.57. The Morgan fingerprint density at radius 2 is 0.851 bits per heavy atom. The first kappa shape index (κ1) is 56.4. The summed E-state index contributed by atoms with van der Waals surface area (Å²) in [7, 11) is 0. The van der Waals surface area contributed by atoms with Crippen LogP contribution in [-0.4, -0.2) is 121 Å². The monoisotopic (exact) mass is 1070 g/mol. The van der Waals surface area contributed by atoms with Crippen molar-refractivity contribution in [2.24, 2.45) is 11.8 Å². The number of pyridine rings is 2. The third-order valence-corrected chi connectivity index (χ3v) is 13.7. The molecule has 0 N–H and O–H groups in total. The second-order valence-electron chi connectivity index (χ2n) is 18.6. The SMILES string of the molecule is Fc1ccccc1OCCN1CCC(CN(CC(F)(F)F)C(c2ccc(Cl)cc2)c2ccccn2)CC1.Fc1ccccc1OCCN1CCC(CN(CC(F)(F)F)C(c2ccc(Cl)cc2)c2ccccn2)CC1. The lowest BCUT2D eigenvalue weighted by Gasteiger charge is -2.38. The van der Waals surface area contributed by atoms with Crippen LogP contribution in [0.15, 0.2) is 146 Å². The zero-order valence-corrected chi connectivity index (χ0v) is 42.3. The summed E-state index contributed by atoms with van der Waals surface area (Å²) in [6, 6.07) is 35.7. The van der Waals surface area contributed by atoms with Gasteiger partial charge in [0, 0.05) is 48.6 Å². The molecule has 2 atom stereocenters. The van der Waals surface area contributed by atoms with E-state index in [1.54, 1.807) is 134 Å². The molecule has 2 saturated heterocycles. The van der Waals surface area contributed by atoms with E-state index in [9.17, 15) is 35.1 Å². The molecule has 0 bridgehead atoms.